The van der Waals surface area contributed by atoms with Gasteiger partial charge < -0.3 is 15.0 Å². The van der Waals surface area contributed by atoms with Crippen LogP contribution in [-0.4, -0.2) is 17.7 Å². The molecule has 1 amide bonds. The van der Waals surface area contributed by atoms with Crippen LogP contribution in [0, 0.1) is 0 Å². The van der Waals surface area contributed by atoms with Gasteiger partial charge in [0.15, 0.2) is 0 Å². The second kappa shape index (κ2) is 2.30. The van der Waals surface area contributed by atoms with Crippen molar-refractivity contribution in [1.29, 1.82) is 0 Å². The highest BCUT2D eigenvalue weighted by molar-refractivity contribution is 5.69. The number of alkyl carbamates (subject to hydrolysis) is 1. The Bertz CT molecular complexity index is 255. The Morgan fingerprint density at radius 3 is 3.09 bits per heavy atom. The number of carbonyl (C=O) groups excluding carboxylic acids is 1. The van der Waals surface area contributed by atoms with Crippen molar-refractivity contribution in [3.05, 3.63) is 24.0 Å². The van der Waals surface area contributed by atoms with Crippen LogP contribution < -0.4 is 5.32 Å². The highest BCUT2D eigenvalue weighted by Crippen LogP contribution is 2.14. The topological polar surface area (TPSA) is 54.1 Å². The summed E-state index contributed by atoms with van der Waals surface area (Å²) in [7, 11) is 0. The molecular weight excluding hydrogens is 144 g/mol. The van der Waals surface area contributed by atoms with Crippen LogP contribution in [0.4, 0.5) is 4.79 Å². The molecule has 58 valence electrons. The molecule has 0 aromatic carbocycles. The Balaban J connectivity index is 2.13. The van der Waals surface area contributed by atoms with Crippen molar-refractivity contribution in [2.24, 2.45) is 0 Å². The highest BCUT2D eigenvalue weighted by Gasteiger charge is 2.23. The molecule has 0 spiro atoms. The zero-order chi connectivity index (χ0) is 7.68. The average Bonchev–Trinajstić information content (AvgIpc) is 2.55. The van der Waals surface area contributed by atoms with E-state index in [4.69, 9.17) is 4.74 Å². The van der Waals surface area contributed by atoms with Crippen molar-refractivity contribution in [2.75, 3.05) is 6.61 Å². The van der Waals surface area contributed by atoms with E-state index in [1.165, 1.54) is 0 Å². The number of hydrogen-bond donors (Lipinski definition) is 2. The first-order valence-electron chi connectivity index (χ1n) is 3.43. The van der Waals surface area contributed by atoms with Gasteiger partial charge in [-0.15, -0.1) is 0 Å². The lowest BCUT2D eigenvalue weighted by Crippen LogP contribution is -2.18. The van der Waals surface area contributed by atoms with Crippen molar-refractivity contribution >= 4 is 6.09 Å². The Morgan fingerprint density at radius 1 is 1.64 bits per heavy atom. The SMILES string of the molecule is O=C1N[C@@H](c2ccc[nH]2)CO1. The van der Waals surface area contributed by atoms with Gasteiger partial charge in [0.25, 0.3) is 0 Å². The standard InChI is InChI=1S/C7H8N2O2/c10-7-9-6(4-11-7)5-2-1-3-8-5/h1-3,6,8H,4H2,(H,9,10)/t6-/m1/s1. The second-order valence-electron chi connectivity index (χ2n) is 2.42. The number of cyclic esters (lactones) is 1. The number of amides is 1. The first kappa shape index (κ1) is 6.27. The molecule has 0 radical (unpaired) electrons. The van der Waals surface area contributed by atoms with Gasteiger partial charge in [0.2, 0.25) is 0 Å². The number of ether oxygens (including phenoxy) is 1. The third-order valence-electron chi connectivity index (χ3n) is 1.67. The van der Waals surface area contributed by atoms with Gasteiger partial charge in [0.1, 0.15) is 12.6 Å². The summed E-state index contributed by atoms with van der Waals surface area (Å²) in [5.41, 5.74) is 0.982. The summed E-state index contributed by atoms with van der Waals surface area (Å²) in [6, 6.07) is 3.80. The van der Waals surface area contributed by atoms with Crippen LogP contribution in [0.3, 0.4) is 0 Å². The molecule has 0 aliphatic carbocycles. The molecule has 0 bridgehead atoms. The van der Waals surface area contributed by atoms with E-state index in [9.17, 15) is 4.79 Å². The van der Waals surface area contributed by atoms with Gasteiger partial charge in [-0.25, -0.2) is 4.79 Å². The first-order chi connectivity index (χ1) is 5.36. The van der Waals surface area contributed by atoms with Crippen LogP contribution in [0.25, 0.3) is 0 Å². The van der Waals surface area contributed by atoms with Crippen molar-refractivity contribution < 1.29 is 9.53 Å². The lowest BCUT2D eigenvalue weighted by atomic mass is 10.2. The van der Waals surface area contributed by atoms with Gasteiger partial charge in [-0.05, 0) is 12.1 Å². The van der Waals surface area contributed by atoms with Crippen molar-refractivity contribution in [3.63, 3.8) is 0 Å². The second-order valence-corrected chi connectivity index (χ2v) is 2.42. The zero-order valence-corrected chi connectivity index (χ0v) is 5.83. The Hall–Kier alpha value is -1.45. The summed E-state index contributed by atoms with van der Waals surface area (Å²) in [5.74, 6) is 0. The van der Waals surface area contributed by atoms with Crippen LogP contribution in [0.1, 0.15) is 11.7 Å². The van der Waals surface area contributed by atoms with E-state index in [0.717, 1.165) is 5.69 Å². The fourth-order valence-corrected chi connectivity index (χ4v) is 1.11. The summed E-state index contributed by atoms with van der Waals surface area (Å²) in [6.07, 6.45) is 1.48. The van der Waals surface area contributed by atoms with Crippen molar-refractivity contribution in [3.8, 4) is 0 Å². The fraction of sp³-hybridized carbons (Fsp3) is 0.286. The van der Waals surface area contributed by atoms with E-state index in [2.05, 4.69) is 10.3 Å². The maximum atomic E-state index is 10.6. The van der Waals surface area contributed by atoms with Gasteiger partial charge in [-0.2, -0.15) is 0 Å². The predicted molar refractivity (Wildman–Crippen MR) is 38.0 cm³/mol. The van der Waals surface area contributed by atoms with E-state index < -0.39 is 0 Å². The molecule has 1 aromatic rings. The number of carbonyl (C=O) groups is 1. The van der Waals surface area contributed by atoms with E-state index in [1.807, 2.05) is 18.3 Å². The minimum Gasteiger partial charge on any atom is -0.447 e. The van der Waals surface area contributed by atoms with Crippen molar-refractivity contribution in [1.82, 2.24) is 10.3 Å². The van der Waals surface area contributed by atoms with Crippen LogP contribution in [0.15, 0.2) is 18.3 Å². The van der Waals surface area contributed by atoms with E-state index in [1.54, 1.807) is 0 Å². The maximum absolute atomic E-state index is 10.6. The van der Waals surface area contributed by atoms with Crippen molar-refractivity contribution in [2.45, 2.75) is 6.04 Å². The Morgan fingerprint density at radius 2 is 2.55 bits per heavy atom. The molecule has 4 heteroatoms. The van der Waals surface area contributed by atoms with Gasteiger partial charge in [0.05, 0.1) is 0 Å². The summed E-state index contributed by atoms with van der Waals surface area (Å²) in [5, 5.41) is 2.66. The molecule has 1 fully saturated rings. The summed E-state index contributed by atoms with van der Waals surface area (Å²) < 4.78 is 4.72. The van der Waals surface area contributed by atoms with Crippen LogP contribution in [-0.2, 0) is 4.74 Å². The third-order valence-corrected chi connectivity index (χ3v) is 1.67. The van der Waals surface area contributed by atoms with E-state index in [0.29, 0.717) is 6.61 Å². The summed E-state index contributed by atoms with van der Waals surface area (Å²) in [4.78, 5) is 13.6. The maximum Gasteiger partial charge on any atom is 0.407 e. The summed E-state index contributed by atoms with van der Waals surface area (Å²) in [6.45, 7) is 0.416. The Kier molecular flexibility index (Phi) is 1.31. The number of aromatic amines is 1. The van der Waals surface area contributed by atoms with E-state index in [-0.39, 0.29) is 12.1 Å². The molecule has 2 rings (SSSR count). The number of H-pyrrole nitrogens is 1. The molecule has 4 nitrogen and oxygen atoms in total. The quantitative estimate of drug-likeness (QED) is 0.625. The minimum atomic E-state index is -0.343. The molecule has 2 N–H and O–H groups in total. The Labute approximate surface area is 63.6 Å². The highest BCUT2D eigenvalue weighted by atomic mass is 16.6. The molecule has 2 heterocycles. The van der Waals surface area contributed by atoms with E-state index >= 15 is 0 Å². The fourth-order valence-electron chi connectivity index (χ4n) is 1.11. The molecule has 0 unspecified atom stereocenters. The number of hydrogen-bond acceptors (Lipinski definition) is 2. The number of nitrogens with one attached hydrogen (secondary N) is 2. The molecule has 1 saturated heterocycles. The lowest BCUT2D eigenvalue weighted by Gasteiger charge is -2.02. The van der Waals surface area contributed by atoms with Gasteiger partial charge in [0, 0.05) is 11.9 Å². The predicted octanol–water partition coefficient (Wildman–Crippen LogP) is 0.796. The molecular formula is C7H8N2O2. The molecule has 1 aliphatic rings. The van der Waals surface area contributed by atoms with Gasteiger partial charge >= 0.3 is 6.09 Å². The number of aromatic nitrogens is 1. The molecule has 1 atom stereocenters. The average molecular weight is 152 g/mol. The third kappa shape index (κ3) is 1.07. The molecule has 0 saturated carbocycles. The smallest absolute Gasteiger partial charge is 0.407 e. The van der Waals surface area contributed by atoms with Gasteiger partial charge in [-0.3, -0.25) is 0 Å². The largest absolute Gasteiger partial charge is 0.447 e. The molecule has 11 heavy (non-hydrogen) atoms. The minimum absolute atomic E-state index is 0.00231. The van der Waals surface area contributed by atoms with Gasteiger partial charge in [-0.1, -0.05) is 0 Å². The van der Waals surface area contributed by atoms with Crippen LogP contribution >= 0.6 is 0 Å². The first-order valence-corrected chi connectivity index (χ1v) is 3.43. The lowest BCUT2D eigenvalue weighted by molar-refractivity contribution is 0.177. The normalized spacial score (nSPS) is 22.9. The number of rotatable bonds is 1. The van der Waals surface area contributed by atoms with Crippen LogP contribution in [0.5, 0.6) is 0 Å². The zero-order valence-electron chi connectivity index (χ0n) is 5.83. The molecule has 1 aliphatic heterocycles. The van der Waals surface area contributed by atoms with Crippen LogP contribution in [0.2, 0.25) is 0 Å². The summed E-state index contributed by atoms with van der Waals surface area (Å²) >= 11 is 0. The monoisotopic (exact) mass is 152 g/mol. The molecule has 1 aromatic heterocycles.